The third kappa shape index (κ3) is 5.21. The first kappa shape index (κ1) is 20.6. The second kappa shape index (κ2) is 8.88. The van der Waals surface area contributed by atoms with Gasteiger partial charge < -0.3 is 4.74 Å². The maximum Gasteiger partial charge on any atom is 0.350 e. The molecule has 1 aromatic carbocycles. The number of rotatable bonds is 8. The molecule has 2 heterocycles. The molecule has 0 radical (unpaired) electrons. The number of ether oxygens (including phenoxy) is 1. The van der Waals surface area contributed by atoms with Gasteiger partial charge in [0.2, 0.25) is 11.9 Å². The Kier molecular flexibility index (Phi) is 6.29. The lowest BCUT2D eigenvalue weighted by Gasteiger charge is -2.04. The minimum Gasteiger partial charge on any atom is -0.475 e. The molecule has 0 bridgehead atoms. The summed E-state index contributed by atoms with van der Waals surface area (Å²) >= 11 is 12.0. The van der Waals surface area contributed by atoms with E-state index in [0.717, 1.165) is 5.56 Å². The smallest absolute Gasteiger partial charge is 0.350 e. The molecule has 0 spiro atoms. The second-order valence-electron chi connectivity index (χ2n) is 5.84. The third-order valence-electron chi connectivity index (χ3n) is 3.80. The molecule has 13 heteroatoms. The molecule has 0 aliphatic heterocycles. The average molecular weight is 440 g/mol. The Labute approximate surface area is 174 Å². The zero-order chi connectivity index (χ0) is 21.0. The Hall–Kier alpha value is -3.18. The minimum atomic E-state index is -0.605. The number of amides is 1. The zero-order valence-corrected chi connectivity index (χ0v) is 16.6. The molecular formula is C16H15Cl2N7O4. The highest BCUT2D eigenvalue weighted by Gasteiger charge is 2.20. The van der Waals surface area contributed by atoms with Crippen LogP contribution in [0.15, 0.2) is 30.7 Å². The van der Waals surface area contributed by atoms with E-state index in [0.29, 0.717) is 16.6 Å². The van der Waals surface area contributed by atoms with Crippen LogP contribution in [0.1, 0.15) is 12.0 Å². The molecule has 3 aromatic rings. The lowest BCUT2D eigenvalue weighted by atomic mass is 10.2. The van der Waals surface area contributed by atoms with Crippen molar-refractivity contribution in [2.24, 2.45) is 0 Å². The quantitative estimate of drug-likeness (QED) is 0.421. The molecule has 3 rings (SSSR count). The predicted octanol–water partition coefficient (Wildman–Crippen LogP) is 2.78. The van der Waals surface area contributed by atoms with E-state index in [9.17, 15) is 14.9 Å². The summed E-state index contributed by atoms with van der Waals surface area (Å²) in [7, 11) is 1.28. The number of carbonyl (C=O) groups excluding carboxylic acids is 1. The van der Waals surface area contributed by atoms with Crippen LogP contribution in [0, 0.1) is 10.1 Å². The number of aromatic nitrogens is 5. The Bertz CT molecular complexity index is 1050. The van der Waals surface area contributed by atoms with E-state index in [2.05, 4.69) is 20.5 Å². The van der Waals surface area contributed by atoms with Gasteiger partial charge in [0.25, 0.3) is 0 Å². The SMILES string of the molecule is COc1nn(CCC(=O)Nc2ncn(Cc3ccc(Cl)cc3Cl)n2)cc1[N+](=O)[O-]. The Balaban J connectivity index is 1.56. The number of hydrogen-bond acceptors (Lipinski definition) is 7. The molecule has 0 saturated heterocycles. The molecule has 0 saturated carbocycles. The highest BCUT2D eigenvalue weighted by molar-refractivity contribution is 6.35. The first-order chi connectivity index (χ1) is 13.9. The molecule has 29 heavy (non-hydrogen) atoms. The Morgan fingerprint density at radius 3 is 2.76 bits per heavy atom. The molecular weight excluding hydrogens is 425 g/mol. The summed E-state index contributed by atoms with van der Waals surface area (Å²) in [5.41, 5.74) is 0.530. The van der Waals surface area contributed by atoms with Crippen molar-refractivity contribution in [3.63, 3.8) is 0 Å². The van der Waals surface area contributed by atoms with Gasteiger partial charge in [-0.1, -0.05) is 29.3 Å². The lowest BCUT2D eigenvalue weighted by molar-refractivity contribution is -0.385. The van der Waals surface area contributed by atoms with Crippen molar-refractivity contribution in [2.45, 2.75) is 19.5 Å². The summed E-state index contributed by atoms with van der Waals surface area (Å²) in [5.74, 6) is -0.356. The van der Waals surface area contributed by atoms with Gasteiger partial charge in [-0.25, -0.2) is 9.67 Å². The first-order valence-electron chi connectivity index (χ1n) is 8.24. The van der Waals surface area contributed by atoms with Gasteiger partial charge in [0.1, 0.15) is 12.5 Å². The average Bonchev–Trinajstić information content (AvgIpc) is 3.29. The van der Waals surface area contributed by atoms with Crippen LogP contribution in [0.2, 0.25) is 10.0 Å². The second-order valence-corrected chi connectivity index (χ2v) is 6.69. The van der Waals surface area contributed by atoms with Crippen LogP contribution in [-0.4, -0.2) is 42.5 Å². The summed E-state index contributed by atoms with van der Waals surface area (Å²) in [6.45, 7) is 0.479. The zero-order valence-electron chi connectivity index (χ0n) is 15.1. The number of halogens is 2. The van der Waals surface area contributed by atoms with E-state index in [1.165, 1.54) is 29.0 Å². The number of carbonyl (C=O) groups is 1. The molecule has 152 valence electrons. The van der Waals surface area contributed by atoms with E-state index >= 15 is 0 Å². The number of benzene rings is 1. The fourth-order valence-electron chi connectivity index (χ4n) is 2.43. The molecule has 0 atom stereocenters. The van der Waals surface area contributed by atoms with Gasteiger partial charge in [-0.2, -0.15) is 0 Å². The lowest BCUT2D eigenvalue weighted by Crippen LogP contribution is -2.16. The largest absolute Gasteiger partial charge is 0.475 e. The molecule has 2 aromatic heterocycles. The maximum atomic E-state index is 12.1. The van der Waals surface area contributed by atoms with Gasteiger partial charge in [-0.05, 0) is 17.7 Å². The molecule has 11 nitrogen and oxygen atoms in total. The van der Waals surface area contributed by atoms with Crippen molar-refractivity contribution in [3.05, 3.63) is 56.4 Å². The molecule has 1 amide bonds. The van der Waals surface area contributed by atoms with Crippen molar-refractivity contribution in [1.29, 1.82) is 0 Å². The highest BCUT2D eigenvalue weighted by Crippen LogP contribution is 2.24. The number of anilines is 1. The number of nitrogens with one attached hydrogen (secondary N) is 1. The van der Waals surface area contributed by atoms with Crippen molar-refractivity contribution in [1.82, 2.24) is 24.5 Å². The summed E-state index contributed by atoms with van der Waals surface area (Å²) in [6.07, 6.45) is 2.68. The van der Waals surface area contributed by atoms with Crippen molar-refractivity contribution < 1.29 is 14.5 Å². The number of nitro groups is 1. The summed E-state index contributed by atoms with van der Waals surface area (Å²) < 4.78 is 7.63. The van der Waals surface area contributed by atoms with Crippen LogP contribution >= 0.6 is 23.2 Å². The third-order valence-corrected chi connectivity index (χ3v) is 4.39. The van der Waals surface area contributed by atoms with Crippen molar-refractivity contribution in [2.75, 3.05) is 12.4 Å². The minimum absolute atomic E-state index is 0.0134. The molecule has 0 aliphatic carbocycles. The molecule has 0 fully saturated rings. The monoisotopic (exact) mass is 439 g/mol. The summed E-state index contributed by atoms with van der Waals surface area (Å²) in [4.78, 5) is 26.4. The van der Waals surface area contributed by atoms with Crippen LogP contribution in [0.3, 0.4) is 0 Å². The topological polar surface area (TPSA) is 130 Å². The van der Waals surface area contributed by atoms with E-state index in [1.54, 1.807) is 18.2 Å². The fraction of sp³-hybridized carbons (Fsp3) is 0.250. The van der Waals surface area contributed by atoms with Gasteiger partial charge >= 0.3 is 11.6 Å². The Morgan fingerprint density at radius 2 is 2.10 bits per heavy atom. The van der Waals surface area contributed by atoms with Gasteiger partial charge in [-0.15, -0.1) is 10.2 Å². The number of aryl methyl sites for hydroxylation is 1. The standard InChI is InChI=1S/C16H15Cl2N7O4/c1-29-15-13(25(27)28)8-23(21-15)5-4-14(26)20-16-19-9-24(22-16)7-10-2-3-11(17)6-12(10)18/h2-3,6,8-9H,4-5,7H2,1H3,(H,20,22,26). The fourth-order valence-corrected chi connectivity index (χ4v) is 2.90. The summed E-state index contributed by atoms with van der Waals surface area (Å²) in [6, 6.07) is 5.13. The van der Waals surface area contributed by atoms with Crippen molar-refractivity contribution in [3.8, 4) is 5.88 Å². The van der Waals surface area contributed by atoms with Crippen LogP contribution in [0.5, 0.6) is 5.88 Å². The number of methoxy groups -OCH3 is 1. The van der Waals surface area contributed by atoms with Crippen LogP contribution in [0.4, 0.5) is 11.6 Å². The Morgan fingerprint density at radius 1 is 1.31 bits per heavy atom. The normalized spacial score (nSPS) is 10.7. The predicted molar refractivity (Wildman–Crippen MR) is 104 cm³/mol. The van der Waals surface area contributed by atoms with E-state index in [1.807, 2.05) is 0 Å². The first-order valence-corrected chi connectivity index (χ1v) is 9.00. The van der Waals surface area contributed by atoms with Crippen LogP contribution in [-0.2, 0) is 17.9 Å². The van der Waals surface area contributed by atoms with E-state index < -0.39 is 4.92 Å². The molecule has 1 N–H and O–H groups in total. The molecule has 0 aliphatic rings. The maximum absolute atomic E-state index is 12.1. The van der Waals surface area contributed by atoms with Gasteiger partial charge in [-0.3, -0.25) is 24.9 Å². The van der Waals surface area contributed by atoms with Gasteiger partial charge in [0, 0.05) is 16.5 Å². The van der Waals surface area contributed by atoms with Crippen molar-refractivity contribution >= 4 is 40.7 Å². The van der Waals surface area contributed by atoms with Crippen LogP contribution in [0.25, 0.3) is 0 Å². The van der Waals surface area contributed by atoms with E-state index in [4.69, 9.17) is 27.9 Å². The number of hydrogen-bond donors (Lipinski definition) is 1. The van der Waals surface area contributed by atoms with Crippen LogP contribution < -0.4 is 10.1 Å². The van der Waals surface area contributed by atoms with Gasteiger partial charge in [0.05, 0.1) is 25.1 Å². The summed E-state index contributed by atoms with van der Waals surface area (Å²) in [5, 5.41) is 22.6. The highest BCUT2D eigenvalue weighted by atomic mass is 35.5. The van der Waals surface area contributed by atoms with Gasteiger partial charge in [0.15, 0.2) is 0 Å². The molecule has 0 unspecified atom stereocenters. The number of nitrogens with zero attached hydrogens (tertiary/aromatic N) is 6. The van der Waals surface area contributed by atoms with E-state index in [-0.39, 0.29) is 36.4 Å².